The quantitative estimate of drug-likeness (QED) is 0.748. The zero-order chi connectivity index (χ0) is 10.7. The molecule has 2 rings (SSSR count). The highest BCUT2D eigenvalue weighted by molar-refractivity contribution is 8.00. The lowest BCUT2D eigenvalue weighted by Crippen LogP contribution is -2.07. The molecule has 0 aliphatic carbocycles. The number of rotatable bonds is 4. The van der Waals surface area contributed by atoms with Gasteiger partial charge in [-0.05, 0) is 6.07 Å². The van der Waals surface area contributed by atoms with Crippen LogP contribution >= 0.6 is 23.4 Å². The molecule has 0 N–H and O–H groups in total. The van der Waals surface area contributed by atoms with Gasteiger partial charge in [-0.3, -0.25) is 0 Å². The Kier molecular flexibility index (Phi) is 3.81. The zero-order valence-electron chi connectivity index (χ0n) is 8.78. The fraction of sp³-hybridized carbons (Fsp3) is 0.500. The SMILES string of the molecule is CC(CCl)SCC1COc2ccccc21. The number of hydrogen-bond acceptors (Lipinski definition) is 2. The first-order chi connectivity index (χ1) is 7.31. The van der Waals surface area contributed by atoms with E-state index in [1.165, 1.54) is 5.56 Å². The Hall–Kier alpha value is -0.340. The Morgan fingerprint density at radius 2 is 2.33 bits per heavy atom. The summed E-state index contributed by atoms with van der Waals surface area (Å²) in [6, 6.07) is 8.32. The van der Waals surface area contributed by atoms with E-state index in [2.05, 4.69) is 19.1 Å². The lowest BCUT2D eigenvalue weighted by atomic mass is 10.0. The number of ether oxygens (including phenoxy) is 1. The summed E-state index contributed by atoms with van der Waals surface area (Å²) in [4.78, 5) is 0. The molecule has 2 atom stereocenters. The fourth-order valence-corrected chi connectivity index (χ4v) is 2.89. The number of para-hydroxylation sites is 1. The van der Waals surface area contributed by atoms with E-state index < -0.39 is 0 Å². The number of hydrogen-bond donors (Lipinski definition) is 0. The van der Waals surface area contributed by atoms with Crippen LogP contribution in [0.2, 0.25) is 0 Å². The number of fused-ring (bicyclic) bond motifs is 1. The molecule has 15 heavy (non-hydrogen) atoms. The van der Waals surface area contributed by atoms with Crippen LogP contribution in [0, 0.1) is 0 Å². The molecule has 1 aliphatic heterocycles. The monoisotopic (exact) mass is 242 g/mol. The average molecular weight is 243 g/mol. The highest BCUT2D eigenvalue weighted by Crippen LogP contribution is 2.36. The van der Waals surface area contributed by atoms with Crippen molar-refractivity contribution >= 4 is 23.4 Å². The third-order valence-electron chi connectivity index (χ3n) is 2.60. The van der Waals surface area contributed by atoms with Crippen LogP contribution in [0.1, 0.15) is 18.4 Å². The van der Waals surface area contributed by atoms with Crippen molar-refractivity contribution in [1.82, 2.24) is 0 Å². The van der Waals surface area contributed by atoms with Crippen LogP contribution in [-0.2, 0) is 0 Å². The molecule has 0 bridgehead atoms. The van der Waals surface area contributed by atoms with Gasteiger partial charge in [0.05, 0.1) is 6.61 Å². The second-order valence-corrected chi connectivity index (χ2v) is 5.62. The molecule has 82 valence electrons. The van der Waals surface area contributed by atoms with Crippen molar-refractivity contribution in [1.29, 1.82) is 0 Å². The topological polar surface area (TPSA) is 9.23 Å². The van der Waals surface area contributed by atoms with Gasteiger partial charge in [0.15, 0.2) is 0 Å². The maximum absolute atomic E-state index is 5.79. The lowest BCUT2D eigenvalue weighted by Gasteiger charge is -2.11. The zero-order valence-corrected chi connectivity index (χ0v) is 10.4. The molecular weight excluding hydrogens is 228 g/mol. The molecule has 3 heteroatoms. The molecule has 0 fully saturated rings. The normalized spacial score (nSPS) is 20.8. The van der Waals surface area contributed by atoms with Crippen LogP contribution in [0.15, 0.2) is 24.3 Å². The lowest BCUT2D eigenvalue weighted by molar-refractivity contribution is 0.338. The molecule has 1 aliphatic rings. The Labute approximate surface area is 100 Å². The third-order valence-corrected chi connectivity index (χ3v) is 4.57. The van der Waals surface area contributed by atoms with Crippen LogP contribution < -0.4 is 4.74 Å². The minimum atomic E-state index is 0.527. The number of thioether (sulfide) groups is 1. The Morgan fingerprint density at radius 3 is 3.13 bits per heavy atom. The summed E-state index contributed by atoms with van der Waals surface area (Å²) in [6.07, 6.45) is 0. The van der Waals surface area contributed by atoms with Gasteiger partial charge in [-0.1, -0.05) is 25.1 Å². The second kappa shape index (κ2) is 5.13. The first kappa shape index (κ1) is 11.2. The van der Waals surface area contributed by atoms with E-state index in [1.807, 2.05) is 23.9 Å². The van der Waals surface area contributed by atoms with Gasteiger partial charge in [-0.2, -0.15) is 11.8 Å². The molecule has 0 spiro atoms. The first-order valence-corrected chi connectivity index (χ1v) is 6.79. The van der Waals surface area contributed by atoms with Crippen molar-refractivity contribution < 1.29 is 4.74 Å². The van der Waals surface area contributed by atoms with Crippen molar-refractivity contribution in [3.05, 3.63) is 29.8 Å². The smallest absolute Gasteiger partial charge is 0.122 e. The molecule has 1 heterocycles. The van der Waals surface area contributed by atoms with E-state index in [0.29, 0.717) is 11.2 Å². The van der Waals surface area contributed by atoms with Gasteiger partial charge in [-0.25, -0.2) is 0 Å². The van der Waals surface area contributed by atoms with E-state index in [0.717, 1.165) is 24.0 Å². The Bertz CT molecular complexity index is 329. The highest BCUT2D eigenvalue weighted by Gasteiger charge is 2.23. The molecule has 1 aromatic rings. The molecule has 0 amide bonds. The predicted molar refractivity (Wildman–Crippen MR) is 67.3 cm³/mol. The standard InChI is InChI=1S/C12H15ClOS/c1-9(6-13)15-8-10-7-14-12-5-3-2-4-11(10)12/h2-5,9-10H,6-8H2,1H3. The fourth-order valence-electron chi connectivity index (χ4n) is 1.69. The van der Waals surface area contributed by atoms with E-state index in [9.17, 15) is 0 Å². The Morgan fingerprint density at radius 1 is 1.53 bits per heavy atom. The molecule has 0 aromatic heterocycles. The maximum Gasteiger partial charge on any atom is 0.122 e. The molecule has 0 saturated carbocycles. The summed E-state index contributed by atoms with van der Waals surface area (Å²) in [5.41, 5.74) is 1.35. The molecule has 1 nitrogen and oxygen atoms in total. The second-order valence-electron chi connectivity index (χ2n) is 3.84. The third kappa shape index (κ3) is 2.61. The van der Waals surface area contributed by atoms with Crippen LogP contribution in [0.25, 0.3) is 0 Å². The summed E-state index contributed by atoms with van der Waals surface area (Å²) in [7, 11) is 0. The van der Waals surface area contributed by atoms with Crippen molar-refractivity contribution in [3.63, 3.8) is 0 Å². The largest absolute Gasteiger partial charge is 0.493 e. The predicted octanol–water partition coefficient (Wildman–Crippen LogP) is 3.52. The summed E-state index contributed by atoms with van der Waals surface area (Å²) >= 11 is 7.71. The molecular formula is C12H15ClOS. The van der Waals surface area contributed by atoms with E-state index >= 15 is 0 Å². The summed E-state index contributed by atoms with van der Waals surface area (Å²) < 4.78 is 5.63. The van der Waals surface area contributed by atoms with Crippen molar-refractivity contribution in [2.24, 2.45) is 0 Å². The minimum Gasteiger partial charge on any atom is -0.493 e. The van der Waals surface area contributed by atoms with Gasteiger partial charge in [0.2, 0.25) is 0 Å². The van der Waals surface area contributed by atoms with Crippen molar-refractivity contribution in [2.75, 3.05) is 18.2 Å². The molecule has 1 aromatic carbocycles. The van der Waals surface area contributed by atoms with Crippen molar-refractivity contribution in [3.8, 4) is 5.75 Å². The molecule has 0 saturated heterocycles. The van der Waals surface area contributed by atoms with Crippen LogP contribution in [0.3, 0.4) is 0 Å². The van der Waals surface area contributed by atoms with Gasteiger partial charge in [0.1, 0.15) is 5.75 Å². The number of alkyl halides is 1. The summed E-state index contributed by atoms with van der Waals surface area (Å²) in [6.45, 7) is 2.99. The van der Waals surface area contributed by atoms with Gasteiger partial charge in [0, 0.05) is 28.4 Å². The van der Waals surface area contributed by atoms with Crippen LogP contribution in [0.4, 0.5) is 0 Å². The van der Waals surface area contributed by atoms with Gasteiger partial charge < -0.3 is 4.74 Å². The molecule has 2 unspecified atom stereocenters. The van der Waals surface area contributed by atoms with Gasteiger partial charge >= 0.3 is 0 Å². The molecule has 0 radical (unpaired) electrons. The van der Waals surface area contributed by atoms with Crippen LogP contribution in [0.5, 0.6) is 5.75 Å². The minimum absolute atomic E-state index is 0.527. The number of halogens is 1. The van der Waals surface area contributed by atoms with E-state index in [1.54, 1.807) is 0 Å². The highest BCUT2D eigenvalue weighted by atomic mass is 35.5. The van der Waals surface area contributed by atoms with Crippen LogP contribution in [-0.4, -0.2) is 23.5 Å². The van der Waals surface area contributed by atoms with Gasteiger partial charge in [-0.15, -0.1) is 11.6 Å². The Balaban J connectivity index is 1.96. The average Bonchev–Trinajstić information content (AvgIpc) is 2.69. The van der Waals surface area contributed by atoms with E-state index in [4.69, 9.17) is 16.3 Å². The summed E-state index contributed by atoms with van der Waals surface area (Å²) in [5, 5.41) is 0.527. The van der Waals surface area contributed by atoms with Crippen molar-refractivity contribution in [2.45, 2.75) is 18.1 Å². The maximum atomic E-state index is 5.79. The summed E-state index contributed by atoms with van der Waals surface area (Å²) in [5.74, 6) is 3.42. The van der Waals surface area contributed by atoms with Gasteiger partial charge in [0.25, 0.3) is 0 Å². The number of benzene rings is 1. The van der Waals surface area contributed by atoms with E-state index in [-0.39, 0.29) is 0 Å². The first-order valence-electron chi connectivity index (χ1n) is 5.20.